The van der Waals surface area contributed by atoms with Crippen LogP contribution in [-0.2, 0) is 6.42 Å². The maximum atomic E-state index is 13.3. The lowest BCUT2D eigenvalue weighted by molar-refractivity contribution is 0.618. The van der Waals surface area contributed by atoms with Gasteiger partial charge in [0.25, 0.3) is 5.56 Å². The Bertz CT molecular complexity index is 667. The van der Waals surface area contributed by atoms with Crippen molar-refractivity contribution in [2.45, 2.75) is 26.7 Å². The van der Waals surface area contributed by atoms with Crippen molar-refractivity contribution in [1.82, 2.24) is 9.97 Å². The van der Waals surface area contributed by atoms with Gasteiger partial charge in [-0.25, -0.2) is 9.37 Å². The maximum absolute atomic E-state index is 13.3. The largest absolute Gasteiger partial charge is 0.306 e. The van der Waals surface area contributed by atoms with Gasteiger partial charge in [-0.1, -0.05) is 13.3 Å². The molecule has 0 atom stereocenters. The fraction of sp³-hybridized carbons (Fsp3) is 0.286. The van der Waals surface area contributed by atoms with Crippen molar-refractivity contribution >= 4 is 22.6 Å². The molecule has 19 heavy (non-hydrogen) atoms. The number of hydrogen-bond donors (Lipinski definition) is 1. The van der Waals surface area contributed by atoms with Crippen LogP contribution in [0.1, 0.15) is 24.6 Å². The first-order chi connectivity index (χ1) is 9.02. The highest BCUT2D eigenvalue weighted by Crippen LogP contribution is 2.19. The van der Waals surface area contributed by atoms with Crippen LogP contribution in [0.3, 0.4) is 0 Å². The summed E-state index contributed by atoms with van der Waals surface area (Å²) in [4.78, 5) is 19.1. The van der Waals surface area contributed by atoms with Gasteiger partial charge >= 0.3 is 0 Å². The molecule has 0 spiro atoms. The number of rotatable bonds is 3. The van der Waals surface area contributed by atoms with Crippen molar-refractivity contribution < 1.29 is 4.39 Å². The number of aryl methyl sites for hydroxylation is 2. The van der Waals surface area contributed by atoms with E-state index >= 15 is 0 Å². The second-order valence-electron chi connectivity index (χ2n) is 4.39. The number of hydrogen-bond acceptors (Lipinski definition) is 2. The molecule has 0 aliphatic heterocycles. The standard InChI is InChI=1S/C14H14FIN2O/c1-3-4-11-12(16)14(19)18-13(17-11)9-5-6-10(15)8(2)7-9/h5-7H,3-4H2,1-2H3,(H,17,18,19). The summed E-state index contributed by atoms with van der Waals surface area (Å²) in [7, 11) is 0. The van der Waals surface area contributed by atoms with E-state index in [9.17, 15) is 9.18 Å². The summed E-state index contributed by atoms with van der Waals surface area (Å²) in [5.41, 5.74) is 1.92. The average molecular weight is 372 g/mol. The van der Waals surface area contributed by atoms with Gasteiger partial charge in [-0.05, 0) is 59.7 Å². The quantitative estimate of drug-likeness (QED) is 0.840. The zero-order valence-electron chi connectivity index (χ0n) is 10.8. The van der Waals surface area contributed by atoms with E-state index < -0.39 is 0 Å². The molecule has 0 bridgehead atoms. The lowest BCUT2D eigenvalue weighted by Gasteiger charge is -2.07. The van der Waals surface area contributed by atoms with Gasteiger partial charge in [-0.2, -0.15) is 0 Å². The molecule has 0 fully saturated rings. The van der Waals surface area contributed by atoms with Gasteiger partial charge in [0, 0.05) is 5.56 Å². The molecule has 1 N–H and O–H groups in total. The predicted molar refractivity (Wildman–Crippen MR) is 81.7 cm³/mol. The van der Waals surface area contributed by atoms with Gasteiger partial charge in [0.15, 0.2) is 0 Å². The molecule has 0 radical (unpaired) electrons. The molecule has 1 heterocycles. The van der Waals surface area contributed by atoms with E-state index in [1.807, 2.05) is 29.5 Å². The molecule has 2 aromatic rings. The average Bonchev–Trinajstić information content (AvgIpc) is 2.38. The first-order valence-corrected chi connectivity index (χ1v) is 7.16. The second-order valence-corrected chi connectivity index (χ2v) is 5.47. The lowest BCUT2D eigenvalue weighted by atomic mass is 10.1. The maximum Gasteiger partial charge on any atom is 0.264 e. The van der Waals surface area contributed by atoms with E-state index in [-0.39, 0.29) is 11.4 Å². The van der Waals surface area contributed by atoms with Gasteiger partial charge in [0.1, 0.15) is 11.6 Å². The normalized spacial score (nSPS) is 10.7. The summed E-state index contributed by atoms with van der Waals surface area (Å²) >= 11 is 2.01. The third kappa shape index (κ3) is 3.02. The molecule has 0 aliphatic rings. The molecular formula is C14H14FIN2O. The fourth-order valence-electron chi connectivity index (χ4n) is 1.84. The number of halogens is 2. The first-order valence-electron chi connectivity index (χ1n) is 6.08. The van der Waals surface area contributed by atoms with Crippen molar-refractivity contribution in [1.29, 1.82) is 0 Å². The molecule has 0 unspecified atom stereocenters. The zero-order chi connectivity index (χ0) is 14.0. The van der Waals surface area contributed by atoms with Crippen LogP contribution in [-0.4, -0.2) is 9.97 Å². The molecule has 5 heteroatoms. The van der Waals surface area contributed by atoms with Crippen molar-refractivity contribution in [2.24, 2.45) is 0 Å². The molecule has 1 aromatic carbocycles. The molecule has 0 amide bonds. The zero-order valence-corrected chi connectivity index (χ0v) is 12.9. The van der Waals surface area contributed by atoms with Crippen LogP contribution < -0.4 is 5.56 Å². The van der Waals surface area contributed by atoms with Gasteiger partial charge in [0.2, 0.25) is 0 Å². The minimum absolute atomic E-state index is 0.143. The van der Waals surface area contributed by atoms with E-state index in [2.05, 4.69) is 9.97 Å². The Morgan fingerprint density at radius 3 is 2.79 bits per heavy atom. The van der Waals surface area contributed by atoms with E-state index in [0.717, 1.165) is 24.1 Å². The van der Waals surface area contributed by atoms with Gasteiger partial charge < -0.3 is 4.98 Å². The summed E-state index contributed by atoms with van der Waals surface area (Å²) in [6.07, 6.45) is 1.68. The molecule has 0 aliphatic carbocycles. The van der Waals surface area contributed by atoms with Crippen molar-refractivity contribution in [2.75, 3.05) is 0 Å². The van der Waals surface area contributed by atoms with Crippen LogP contribution in [0.25, 0.3) is 11.4 Å². The van der Waals surface area contributed by atoms with Crippen LogP contribution >= 0.6 is 22.6 Å². The molecule has 1 aromatic heterocycles. The van der Waals surface area contributed by atoms with Crippen LogP contribution in [0, 0.1) is 16.3 Å². The number of aromatic nitrogens is 2. The molecule has 100 valence electrons. The summed E-state index contributed by atoms with van der Waals surface area (Å²) < 4.78 is 13.9. The Labute approximate surface area is 124 Å². The summed E-state index contributed by atoms with van der Waals surface area (Å²) in [6.45, 7) is 3.73. The second kappa shape index (κ2) is 5.81. The van der Waals surface area contributed by atoms with E-state index in [4.69, 9.17) is 0 Å². The third-order valence-electron chi connectivity index (χ3n) is 2.85. The Kier molecular flexibility index (Phi) is 4.34. The number of benzene rings is 1. The Balaban J connectivity index is 2.56. The summed E-state index contributed by atoms with van der Waals surface area (Å²) in [5, 5.41) is 0. The van der Waals surface area contributed by atoms with Crippen molar-refractivity contribution in [3.63, 3.8) is 0 Å². The fourth-order valence-corrected chi connectivity index (χ4v) is 2.36. The smallest absolute Gasteiger partial charge is 0.264 e. The van der Waals surface area contributed by atoms with Crippen LogP contribution in [0.2, 0.25) is 0 Å². The van der Waals surface area contributed by atoms with Gasteiger partial charge in [0.05, 0.1) is 9.26 Å². The van der Waals surface area contributed by atoms with Gasteiger partial charge in [-0.3, -0.25) is 4.79 Å². The minimum Gasteiger partial charge on any atom is -0.306 e. The minimum atomic E-state index is -0.259. The highest BCUT2D eigenvalue weighted by atomic mass is 127. The summed E-state index contributed by atoms with van der Waals surface area (Å²) in [6, 6.07) is 4.71. The molecule has 0 saturated carbocycles. The molecular weight excluding hydrogens is 358 g/mol. The lowest BCUT2D eigenvalue weighted by Crippen LogP contribution is -2.16. The molecule has 3 nitrogen and oxygen atoms in total. The number of H-pyrrole nitrogens is 1. The van der Waals surface area contributed by atoms with Crippen LogP contribution in [0.15, 0.2) is 23.0 Å². The third-order valence-corrected chi connectivity index (χ3v) is 3.96. The Morgan fingerprint density at radius 1 is 1.42 bits per heavy atom. The van der Waals surface area contributed by atoms with Crippen LogP contribution in [0.5, 0.6) is 0 Å². The number of nitrogens with zero attached hydrogens (tertiary/aromatic N) is 1. The molecule has 0 saturated heterocycles. The topological polar surface area (TPSA) is 45.8 Å². The van der Waals surface area contributed by atoms with E-state index in [1.165, 1.54) is 6.07 Å². The number of aromatic amines is 1. The Morgan fingerprint density at radius 2 is 2.16 bits per heavy atom. The highest BCUT2D eigenvalue weighted by Gasteiger charge is 2.10. The summed E-state index contributed by atoms with van der Waals surface area (Å²) in [5.74, 6) is 0.238. The monoisotopic (exact) mass is 372 g/mol. The highest BCUT2D eigenvalue weighted by molar-refractivity contribution is 14.1. The van der Waals surface area contributed by atoms with Gasteiger partial charge in [-0.15, -0.1) is 0 Å². The van der Waals surface area contributed by atoms with E-state index in [0.29, 0.717) is 15.0 Å². The van der Waals surface area contributed by atoms with Crippen molar-refractivity contribution in [3.05, 3.63) is 49.2 Å². The molecule has 2 rings (SSSR count). The number of nitrogens with one attached hydrogen (secondary N) is 1. The van der Waals surface area contributed by atoms with E-state index in [1.54, 1.807) is 19.1 Å². The first kappa shape index (κ1) is 14.2. The van der Waals surface area contributed by atoms with Crippen molar-refractivity contribution in [3.8, 4) is 11.4 Å². The Hall–Kier alpha value is -1.24. The SMILES string of the molecule is CCCc1nc(-c2ccc(F)c(C)c2)[nH]c(=O)c1I. The predicted octanol–water partition coefficient (Wildman–Crippen LogP) is 3.44. The van der Waals surface area contributed by atoms with Crippen LogP contribution in [0.4, 0.5) is 4.39 Å².